The van der Waals surface area contributed by atoms with Crippen LogP contribution in [-0.4, -0.2) is 34.6 Å². The summed E-state index contributed by atoms with van der Waals surface area (Å²) in [5.74, 6) is -0.985. The van der Waals surface area contributed by atoms with Gasteiger partial charge >= 0.3 is 12.0 Å². The Balaban J connectivity index is 1.99. The molecule has 2 amide bonds. The van der Waals surface area contributed by atoms with Gasteiger partial charge in [0.2, 0.25) is 0 Å². The number of nitrogens with one attached hydrogen (secondary N) is 1. The second-order valence-electron chi connectivity index (χ2n) is 4.99. The minimum absolute atomic E-state index is 0.0291. The van der Waals surface area contributed by atoms with Gasteiger partial charge in [-0.15, -0.1) is 0 Å². The van der Waals surface area contributed by atoms with E-state index in [2.05, 4.69) is 5.32 Å². The maximum atomic E-state index is 12.1. The lowest BCUT2D eigenvalue weighted by Crippen LogP contribution is -2.47. The summed E-state index contributed by atoms with van der Waals surface area (Å²) in [5, 5.41) is 12.5. The number of urea groups is 1. The molecule has 2 atom stereocenters. The highest BCUT2D eigenvalue weighted by molar-refractivity contribution is 6.31. The van der Waals surface area contributed by atoms with Crippen molar-refractivity contribution in [2.75, 3.05) is 6.54 Å². The van der Waals surface area contributed by atoms with E-state index in [0.717, 1.165) is 5.56 Å². The quantitative estimate of drug-likeness (QED) is 0.899. The molecule has 2 rings (SSSR count). The van der Waals surface area contributed by atoms with Gasteiger partial charge in [-0.3, -0.25) is 0 Å². The van der Waals surface area contributed by atoms with Gasteiger partial charge in [-0.1, -0.05) is 36.7 Å². The standard InChI is InChI=1S/C14H17ClN2O3/c1-9-6-7-17(12(9)13(18)19)14(20)16-8-10-4-2-3-5-11(10)15/h2-5,9,12H,6-8H2,1H3,(H,16,20)(H,18,19). The Kier molecular flexibility index (Phi) is 4.49. The average molecular weight is 297 g/mol. The fourth-order valence-corrected chi connectivity index (χ4v) is 2.67. The van der Waals surface area contributed by atoms with E-state index in [9.17, 15) is 14.7 Å². The number of likely N-dealkylation sites (tertiary alicyclic amines) is 1. The van der Waals surface area contributed by atoms with E-state index in [1.165, 1.54) is 4.90 Å². The molecule has 0 bridgehead atoms. The van der Waals surface area contributed by atoms with Crippen molar-refractivity contribution in [2.24, 2.45) is 5.92 Å². The van der Waals surface area contributed by atoms with Crippen LogP contribution in [0.4, 0.5) is 4.79 Å². The molecular formula is C14H17ClN2O3. The molecule has 0 aliphatic carbocycles. The zero-order valence-electron chi connectivity index (χ0n) is 11.2. The summed E-state index contributed by atoms with van der Waals surface area (Å²) in [4.78, 5) is 24.7. The second-order valence-corrected chi connectivity index (χ2v) is 5.40. The van der Waals surface area contributed by atoms with Gasteiger partial charge in [-0.2, -0.15) is 0 Å². The molecule has 0 aromatic heterocycles. The van der Waals surface area contributed by atoms with Crippen LogP contribution in [0.2, 0.25) is 5.02 Å². The van der Waals surface area contributed by atoms with Crippen molar-refractivity contribution < 1.29 is 14.7 Å². The van der Waals surface area contributed by atoms with Gasteiger partial charge in [0.15, 0.2) is 0 Å². The van der Waals surface area contributed by atoms with Crippen molar-refractivity contribution in [1.82, 2.24) is 10.2 Å². The van der Waals surface area contributed by atoms with Crippen LogP contribution in [0.3, 0.4) is 0 Å². The van der Waals surface area contributed by atoms with Crippen molar-refractivity contribution >= 4 is 23.6 Å². The zero-order chi connectivity index (χ0) is 14.7. The number of benzene rings is 1. The first kappa shape index (κ1) is 14.7. The third-order valence-corrected chi connectivity index (χ3v) is 3.97. The molecule has 2 unspecified atom stereocenters. The molecule has 0 saturated carbocycles. The van der Waals surface area contributed by atoms with Crippen molar-refractivity contribution in [3.8, 4) is 0 Å². The fraction of sp³-hybridized carbons (Fsp3) is 0.429. The van der Waals surface area contributed by atoms with Crippen molar-refractivity contribution in [2.45, 2.75) is 25.9 Å². The third kappa shape index (κ3) is 3.04. The van der Waals surface area contributed by atoms with E-state index < -0.39 is 12.0 Å². The SMILES string of the molecule is CC1CCN(C(=O)NCc2ccccc2Cl)C1C(=O)O. The number of carboxylic acid groups (broad SMARTS) is 1. The first-order valence-corrected chi connectivity index (χ1v) is 6.89. The minimum Gasteiger partial charge on any atom is -0.480 e. The molecule has 0 spiro atoms. The van der Waals surface area contributed by atoms with Gasteiger partial charge in [-0.05, 0) is 24.0 Å². The van der Waals surface area contributed by atoms with Gasteiger partial charge in [0.05, 0.1) is 0 Å². The number of amides is 2. The van der Waals surface area contributed by atoms with Gasteiger partial charge in [0.1, 0.15) is 6.04 Å². The Bertz CT molecular complexity index is 521. The molecule has 1 aromatic rings. The topological polar surface area (TPSA) is 69.6 Å². The second kappa shape index (κ2) is 6.13. The molecule has 1 aliphatic rings. The Morgan fingerprint density at radius 1 is 1.45 bits per heavy atom. The molecule has 1 aliphatic heterocycles. The Labute approximate surface area is 122 Å². The van der Waals surface area contributed by atoms with Crippen LogP contribution in [0.5, 0.6) is 0 Å². The summed E-state index contributed by atoms with van der Waals surface area (Å²) in [6, 6.07) is 6.12. The lowest BCUT2D eigenvalue weighted by atomic mass is 10.0. The summed E-state index contributed by atoms with van der Waals surface area (Å²) < 4.78 is 0. The van der Waals surface area contributed by atoms with Crippen LogP contribution in [0.25, 0.3) is 0 Å². The highest BCUT2D eigenvalue weighted by Gasteiger charge is 2.39. The van der Waals surface area contributed by atoms with Gasteiger partial charge in [-0.25, -0.2) is 9.59 Å². The number of nitrogens with zero attached hydrogens (tertiary/aromatic N) is 1. The van der Waals surface area contributed by atoms with E-state index in [-0.39, 0.29) is 18.5 Å². The summed E-state index contributed by atoms with van der Waals surface area (Å²) in [7, 11) is 0. The number of hydrogen-bond donors (Lipinski definition) is 2. The van der Waals surface area contributed by atoms with E-state index in [1.54, 1.807) is 6.07 Å². The highest BCUT2D eigenvalue weighted by atomic mass is 35.5. The molecule has 5 nitrogen and oxygen atoms in total. The number of carbonyl (C=O) groups is 2. The minimum atomic E-state index is -0.956. The Morgan fingerprint density at radius 2 is 2.15 bits per heavy atom. The molecule has 1 saturated heterocycles. The molecule has 108 valence electrons. The smallest absolute Gasteiger partial charge is 0.326 e. The predicted octanol–water partition coefficient (Wildman–Crippen LogP) is 2.34. The predicted molar refractivity (Wildman–Crippen MR) is 75.6 cm³/mol. The van der Waals surface area contributed by atoms with E-state index in [4.69, 9.17) is 11.6 Å². The normalized spacial score (nSPS) is 21.8. The van der Waals surface area contributed by atoms with Crippen LogP contribution >= 0.6 is 11.6 Å². The van der Waals surface area contributed by atoms with Gasteiger partial charge in [0, 0.05) is 18.1 Å². The van der Waals surface area contributed by atoms with Crippen LogP contribution in [0.1, 0.15) is 18.9 Å². The fourth-order valence-electron chi connectivity index (χ4n) is 2.47. The first-order chi connectivity index (χ1) is 9.50. The molecule has 1 aromatic carbocycles. The lowest BCUT2D eigenvalue weighted by Gasteiger charge is -2.23. The van der Waals surface area contributed by atoms with E-state index in [0.29, 0.717) is 18.0 Å². The number of halogens is 1. The lowest BCUT2D eigenvalue weighted by molar-refractivity contribution is -0.142. The molecule has 1 fully saturated rings. The first-order valence-electron chi connectivity index (χ1n) is 6.51. The molecular weight excluding hydrogens is 280 g/mol. The van der Waals surface area contributed by atoms with Crippen molar-refractivity contribution in [3.63, 3.8) is 0 Å². The maximum Gasteiger partial charge on any atom is 0.326 e. The largest absolute Gasteiger partial charge is 0.480 e. The van der Waals surface area contributed by atoms with Gasteiger partial charge < -0.3 is 15.3 Å². The number of carbonyl (C=O) groups excluding carboxylic acids is 1. The number of aliphatic carboxylic acids is 1. The summed E-state index contributed by atoms with van der Waals surface area (Å²) in [5.41, 5.74) is 0.807. The molecule has 1 heterocycles. The van der Waals surface area contributed by atoms with Crippen molar-refractivity contribution in [3.05, 3.63) is 34.9 Å². The molecule has 2 N–H and O–H groups in total. The van der Waals surface area contributed by atoms with E-state index in [1.807, 2.05) is 25.1 Å². The summed E-state index contributed by atoms with van der Waals surface area (Å²) in [6.07, 6.45) is 0.705. The molecule has 20 heavy (non-hydrogen) atoms. The van der Waals surface area contributed by atoms with Crippen LogP contribution in [-0.2, 0) is 11.3 Å². The molecule has 0 radical (unpaired) electrons. The molecule has 6 heteroatoms. The third-order valence-electron chi connectivity index (χ3n) is 3.60. The number of rotatable bonds is 3. The summed E-state index contributed by atoms with van der Waals surface area (Å²) >= 11 is 6.01. The van der Waals surface area contributed by atoms with Crippen LogP contribution < -0.4 is 5.32 Å². The van der Waals surface area contributed by atoms with Crippen LogP contribution in [0.15, 0.2) is 24.3 Å². The summed E-state index contributed by atoms with van der Waals surface area (Å²) in [6.45, 7) is 2.60. The monoisotopic (exact) mass is 296 g/mol. The van der Waals surface area contributed by atoms with E-state index >= 15 is 0 Å². The maximum absolute atomic E-state index is 12.1. The average Bonchev–Trinajstić information content (AvgIpc) is 2.79. The van der Waals surface area contributed by atoms with Crippen LogP contribution in [0, 0.1) is 5.92 Å². The Morgan fingerprint density at radius 3 is 2.80 bits per heavy atom. The van der Waals surface area contributed by atoms with Gasteiger partial charge in [0.25, 0.3) is 0 Å². The van der Waals surface area contributed by atoms with Crippen molar-refractivity contribution in [1.29, 1.82) is 0 Å². The Hall–Kier alpha value is -1.75. The number of carboxylic acids is 1. The number of hydrogen-bond acceptors (Lipinski definition) is 2. The highest BCUT2D eigenvalue weighted by Crippen LogP contribution is 2.24. The zero-order valence-corrected chi connectivity index (χ0v) is 11.9.